The van der Waals surface area contributed by atoms with Gasteiger partial charge in [-0.3, -0.25) is 0 Å². The molecule has 0 spiro atoms. The summed E-state index contributed by atoms with van der Waals surface area (Å²) in [6, 6.07) is 85.4. The molecule has 0 atom stereocenters. The third kappa shape index (κ3) is 5.88. The topological polar surface area (TPSA) is 16.4 Å². The Bertz CT molecular complexity index is 3650. The van der Waals surface area contributed by atoms with Crippen LogP contribution in [0.1, 0.15) is 0 Å². The van der Waals surface area contributed by atoms with Gasteiger partial charge in [-0.15, -0.1) is 0 Å². The SMILES string of the molecule is c1ccc(-c2ccccc2-c2ccccc2N(c2cccc(-c3cc4ccccc4c4ccccc34)c2)c2ccc(-c3cccc4ccccc34)c3oc4ccccc4c23)cc1. The van der Waals surface area contributed by atoms with Gasteiger partial charge in [-0.05, 0) is 108 Å². The van der Waals surface area contributed by atoms with E-state index in [0.717, 1.165) is 66.8 Å². The molecule has 2 heteroatoms. The zero-order chi connectivity index (χ0) is 41.0. The summed E-state index contributed by atoms with van der Waals surface area (Å²) in [6.45, 7) is 0. The van der Waals surface area contributed by atoms with Gasteiger partial charge in [0.05, 0.1) is 16.8 Å². The molecule has 0 fully saturated rings. The molecule has 0 aliphatic heterocycles. The number of anilines is 3. The fourth-order valence-corrected chi connectivity index (χ4v) is 9.67. The summed E-state index contributed by atoms with van der Waals surface area (Å²) < 4.78 is 7.00. The standard InChI is InChI=1S/C60H39NO/c1-2-18-40(19-3-1)45-26-8-9-29-49(45)52-31-12-14-34-56(52)61(44-24-16-23-42(38-44)55-39-43-21-5-7-27-47(43)48-28-10-11-30-51(48)55)57-37-36-53(50-33-17-22-41-20-4-6-25-46(41)50)60-59(57)54-32-13-15-35-58(54)62-60/h1-39H. The molecule has 0 N–H and O–H groups in total. The van der Waals surface area contributed by atoms with Crippen molar-refractivity contribution >= 4 is 71.3 Å². The van der Waals surface area contributed by atoms with Crippen molar-refractivity contribution < 1.29 is 4.42 Å². The van der Waals surface area contributed by atoms with Gasteiger partial charge in [-0.2, -0.15) is 0 Å². The summed E-state index contributed by atoms with van der Waals surface area (Å²) >= 11 is 0. The number of furan rings is 1. The third-order valence-corrected chi connectivity index (χ3v) is 12.5. The highest BCUT2D eigenvalue weighted by Gasteiger charge is 2.25. The van der Waals surface area contributed by atoms with Gasteiger partial charge in [0.25, 0.3) is 0 Å². The first-order valence-corrected chi connectivity index (χ1v) is 21.3. The maximum absolute atomic E-state index is 7.00. The highest BCUT2D eigenvalue weighted by Crippen LogP contribution is 2.50. The molecule has 0 saturated carbocycles. The van der Waals surface area contributed by atoms with Gasteiger partial charge in [0.2, 0.25) is 0 Å². The van der Waals surface area contributed by atoms with E-state index in [1.165, 1.54) is 49.0 Å². The van der Waals surface area contributed by atoms with Crippen LogP contribution in [0.4, 0.5) is 17.1 Å². The molecule has 0 radical (unpaired) electrons. The summed E-state index contributed by atoms with van der Waals surface area (Å²) in [5, 5.41) is 9.50. The number of benzene rings is 11. The first kappa shape index (κ1) is 35.7. The molecule has 11 aromatic carbocycles. The van der Waals surface area contributed by atoms with Crippen molar-refractivity contribution in [3.8, 4) is 44.5 Å². The number of rotatable bonds is 7. The molecule has 0 unspecified atom stereocenters. The molecule has 62 heavy (non-hydrogen) atoms. The van der Waals surface area contributed by atoms with Crippen molar-refractivity contribution in [2.45, 2.75) is 0 Å². The van der Waals surface area contributed by atoms with Crippen molar-refractivity contribution in [2.24, 2.45) is 0 Å². The second-order valence-corrected chi connectivity index (χ2v) is 16.0. The predicted molar refractivity (Wildman–Crippen MR) is 263 cm³/mol. The van der Waals surface area contributed by atoms with Gasteiger partial charge >= 0.3 is 0 Å². The van der Waals surface area contributed by atoms with Gasteiger partial charge in [-0.1, -0.05) is 194 Å². The van der Waals surface area contributed by atoms with Crippen LogP contribution in [0.5, 0.6) is 0 Å². The summed E-state index contributed by atoms with van der Waals surface area (Å²) in [6.07, 6.45) is 0. The predicted octanol–water partition coefficient (Wildman–Crippen LogP) is 17.2. The number of hydrogen-bond donors (Lipinski definition) is 0. The third-order valence-electron chi connectivity index (χ3n) is 12.5. The molecule has 12 aromatic rings. The highest BCUT2D eigenvalue weighted by molar-refractivity contribution is 6.19. The first-order chi connectivity index (χ1) is 30.8. The Balaban J connectivity index is 1.16. The highest BCUT2D eigenvalue weighted by atomic mass is 16.3. The minimum absolute atomic E-state index is 0.857. The zero-order valence-corrected chi connectivity index (χ0v) is 33.9. The normalized spacial score (nSPS) is 11.5. The summed E-state index contributed by atoms with van der Waals surface area (Å²) in [7, 11) is 0. The Morgan fingerprint density at radius 2 is 0.887 bits per heavy atom. The van der Waals surface area contributed by atoms with E-state index < -0.39 is 0 Å². The van der Waals surface area contributed by atoms with Crippen molar-refractivity contribution in [3.63, 3.8) is 0 Å². The van der Waals surface area contributed by atoms with E-state index in [0.29, 0.717) is 0 Å². The Morgan fingerprint density at radius 3 is 1.74 bits per heavy atom. The van der Waals surface area contributed by atoms with E-state index in [2.05, 4.69) is 241 Å². The van der Waals surface area contributed by atoms with E-state index >= 15 is 0 Å². The Labute approximate surface area is 360 Å². The van der Waals surface area contributed by atoms with Gasteiger partial charge < -0.3 is 9.32 Å². The lowest BCUT2D eigenvalue weighted by Crippen LogP contribution is -2.12. The van der Waals surface area contributed by atoms with Crippen molar-refractivity contribution in [3.05, 3.63) is 237 Å². The number of fused-ring (bicyclic) bond motifs is 7. The van der Waals surface area contributed by atoms with E-state index in [4.69, 9.17) is 4.42 Å². The number of hydrogen-bond acceptors (Lipinski definition) is 2. The monoisotopic (exact) mass is 789 g/mol. The molecular formula is C60H39NO. The van der Waals surface area contributed by atoms with Crippen LogP contribution in [0, 0.1) is 0 Å². The largest absolute Gasteiger partial charge is 0.455 e. The Hall–Kier alpha value is -8.20. The quantitative estimate of drug-likeness (QED) is 0.150. The smallest absolute Gasteiger partial charge is 0.145 e. The van der Waals surface area contributed by atoms with Crippen LogP contribution in [0.3, 0.4) is 0 Å². The average Bonchev–Trinajstić information content (AvgIpc) is 3.74. The summed E-state index contributed by atoms with van der Waals surface area (Å²) in [5.74, 6) is 0. The van der Waals surface area contributed by atoms with Crippen molar-refractivity contribution in [1.82, 2.24) is 0 Å². The molecule has 12 rings (SSSR count). The van der Waals surface area contributed by atoms with E-state index in [-0.39, 0.29) is 0 Å². The molecule has 0 aliphatic rings. The fraction of sp³-hybridized carbons (Fsp3) is 0. The molecule has 0 aliphatic carbocycles. The second kappa shape index (κ2) is 14.8. The Kier molecular flexibility index (Phi) is 8.53. The molecule has 290 valence electrons. The maximum Gasteiger partial charge on any atom is 0.145 e. The van der Waals surface area contributed by atoms with Crippen LogP contribution >= 0.6 is 0 Å². The van der Waals surface area contributed by atoms with E-state index in [1.807, 2.05) is 0 Å². The molecule has 2 nitrogen and oxygen atoms in total. The molecule has 0 amide bonds. The van der Waals surface area contributed by atoms with Crippen LogP contribution < -0.4 is 4.90 Å². The second-order valence-electron chi connectivity index (χ2n) is 16.0. The van der Waals surface area contributed by atoms with Gasteiger partial charge in [0.15, 0.2) is 0 Å². The number of para-hydroxylation sites is 2. The van der Waals surface area contributed by atoms with Crippen LogP contribution in [-0.2, 0) is 0 Å². The molecular weight excluding hydrogens is 751 g/mol. The van der Waals surface area contributed by atoms with Crippen molar-refractivity contribution in [2.75, 3.05) is 4.90 Å². The first-order valence-electron chi connectivity index (χ1n) is 21.3. The van der Waals surface area contributed by atoms with E-state index in [1.54, 1.807) is 0 Å². The molecule has 0 saturated heterocycles. The molecule has 1 aromatic heterocycles. The minimum Gasteiger partial charge on any atom is -0.455 e. The minimum atomic E-state index is 0.857. The fourth-order valence-electron chi connectivity index (χ4n) is 9.67. The lowest BCUT2D eigenvalue weighted by Gasteiger charge is -2.30. The summed E-state index contributed by atoms with van der Waals surface area (Å²) in [5.41, 5.74) is 14.1. The molecule has 1 heterocycles. The van der Waals surface area contributed by atoms with Gasteiger partial charge in [0.1, 0.15) is 11.2 Å². The summed E-state index contributed by atoms with van der Waals surface area (Å²) in [4.78, 5) is 2.46. The zero-order valence-electron chi connectivity index (χ0n) is 33.9. The van der Waals surface area contributed by atoms with Gasteiger partial charge in [0, 0.05) is 22.2 Å². The maximum atomic E-state index is 7.00. The van der Waals surface area contributed by atoms with Crippen LogP contribution in [0.25, 0.3) is 98.8 Å². The van der Waals surface area contributed by atoms with Crippen LogP contribution in [-0.4, -0.2) is 0 Å². The lowest BCUT2D eigenvalue weighted by atomic mass is 9.91. The van der Waals surface area contributed by atoms with Gasteiger partial charge in [-0.25, -0.2) is 0 Å². The molecule has 0 bridgehead atoms. The lowest BCUT2D eigenvalue weighted by molar-refractivity contribution is 0.670. The van der Waals surface area contributed by atoms with Crippen LogP contribution in [0.15, 0.2) is 241 Å². The Morgan fingerprint density at radius 1 is 0.290 bits per heavy atom. The average molecular weight is 790 g/mol. The number of nitrogens with zero attached hydrogens (tertiary/aromatic N) is 1. The van der Waals surface area contributed by atoms with Crippen LogP contribution in [0.2, 0.25) is 0 Å². The van der Waals surface area contributed by atoms with E-state index in [9.17, 15) is 0 Å². The van der Waals surface area contributed by atoms with Crippen molar-refractivity contribution in [1.29, 1.82) is 0 Å².